The fraction of sp³-hybridized carbons (Fsp3) is 1.00. The lowest BCUT2D eigenvalue weighted by Crippen LogP contribution is -2.36. The SMILES string of the molecule is CC[C@@H](C(C)C)C(C)(C)OP(=O)(O)CC.[HH]. The first-order valence-corrected chi connectivity index (χ1v) is 7.45. The Balaban J connectivity index is 0. The van der Waals surface area contributed by atoms with E-state index in [1.165, 1.54) is 0 Å². The molecule has 0 heterocycles. The summed E-state index contributed by atoms with van der Waals surface area (Å²) in [4.78, 5) is 9.52. The van der Waals surface area contributed by atoms with E-state index < -0.39 is 13.2 Å². The maximum Gasteiger partial charge on any atom is 0.328 e. The van der Waals surface area contributed by atoms with Gasteiger partial charge in [0.2, 0.25) is 0 Å². The van der Waals surface area contributed by atoms with E-state index in [1.54, 1.807) is 6.92 Å². The van der Waals surface area contributed by atoms with Crippen LogP contribution in [-0.4, -0.2) is 16.7 Å². The van der Waals surface area contributed by atoms with Crippen molar-refractivity contribution in [2.75, 3.05) is 6.16 Å². The summed E-state index contributed by atoms with van der Waals surface area (Å²) in [5, 5.41) is 0. The first kappa shape index (κ1) is 15.2. The third kappa shape index (κ3) is 4.67. The van der Waals surface area contributed by atoms with Gasteiger partial charge in [-0.2, -0.15) is 0 Å². The van der Waals surface area contributed by atoms with Crippen LogP contribution in [0.1, 0.15) is 49.4 Å². The number of hydrogen-bond acceptors (Lipinski definition) is 2. The third-order valence-electron chi connectivity index (χ3n) is 2.92. The highest BCUT2D eigenvalue weighted by Gasteiger charge is 2.36. The third-order valence-corrected chi connectivity index (χ3v) is 4.47. The Hall–Kier alpha value is 0.150. The lowest BCUT2D eigenvalue weighted by atomic mass is 9.80. The molecule has 0 aliphatic rings. The summed E-state index contributed by atoms with van der Waals surface area (Å²) < 4.78 is 17.0. The van der Waals surface area contributed by atoms with Gasteiger partial charge < -0.3 is 9.42 Å². The molecule has 15 heavy (non-hydrogen) atoms. The van der Waals surface area contributed by atoms with Gasteiger partial charge in [-0.3, -0.25) is 4.57 Å². The zero-order chi connectivity index (χ0) is 12.3. The van der Waals surface area contributed by atoms with E-state index >= 15 is 0 Å². The predicted octanol–water partition coefficient (Wildman–Crippen LogP) is 3.92. The largest absolute Gasteiger partial charge is 0.328 e. The molecule has 0 aromatic rings. The molecule has 0 fully saturated rings. The van der Waals surface area contributed by atoms with E-state index in [0.717, 1.165) is 6.42 Å². The van der Waals surface area contributed by atoms with Gasteiger partial charge in [0.05, 0.1) is 5.60 Å². The van der Waals surface area contributed by atoms with Crippen LogP contribution in [-0.2, 0) is 9.09 Å². The van der Waals surface area contributed by atoms with Crippen LogP contribution >= 0.6 is 7.60 Å². The Labute approximate surface area is 95.2 Å². The summed E-state index contributed by atoms with van der Waals surface area (Å²) in [5.74, 6) is 0.742. The molecule has 1 N–H and O–H groups in total. The number of hydrogen-bond donors (Lipinski definition) is 1. The molecular weight excluding hydrogens is 211 g/mol. The second-order valence-electron chi connectivity index (χ2n) is 4.91. The van der Waals surface area contributed by atoms with Crippen LogP contribution in [0.3, 0.4) is 0 Å². The van der Waals surface area contributed by atoms with Gasteiger partial charge >= 0.3 is 7.60 Å². The Kier molecular flexibility index (Phi) is 5.52. The van der Waals surface area contributed by atoms with Crippen molar-refractivity contribution in [3.8, 4) is 0 Å². The fourth-order valence-electron chi connectivity index (χ4n) is 2.27. The Morgan fingerprint density at radius 2 is 1.87 bits per heavy atom. The predicted molar refractivity (Wildman–Crippen MR) is 66.3 cm³/mol. The van der Waals surface area contributed by atoms with Crippen molar-refractivity contribution in [1.29, 1.82) is 0 Å². The van der Waals surface area contributed by atoms with Crippen molar-refractivity contribution >= 4 is 7.60 Å². The van der Waals surface area contributed by atoms with Gasteiger partial charge in [-0.15, -0.1) is 0 Å². The Morgan fingerprint density at radius 1 is 1.40 bits per heavy atom. The van der Waals surface area contributed by atoms with E-state index in [9.17, 15) is 9.46 Å². The second-order valence-corrected chi connectivity index (χ2v) is 7.00. The van der Waals surface area contributed by atoms with Gasteiger partial charge in [0.25, 0.3) is 0 Å². The summed E-state index contributed by atoms with van der Waals surface area (Å²) in [5.41, 5.74) is -0.538. The molecule has 3 nitrogen and oxygen atoms in total. The normalized spacial score (nSPS) is 18.9. The molecule has 94 valence electrons. The highest BCUT2D eigenvalue weighted by Crippen LogP contribution is 2.48. The number of rotatable bonds is 6. The van der Waals surface area contributed by atoms with Gasteiger partial charge in [-0.1, -0.05) is 34.1 Å². The Morgan fingerprint density at radius 3 is 2.13 bits per heavy atom. The molecule has 0 aliphatic heterocycles. The molecule has 0 aliphatic carbocycles. The van der Waals surface area contributed by atoms with Crippen LogP contribution in [0, 0.1) is 11.8 Å². The van der Waals surface area contributed by atoms with Crippen molar-refractivity contribution in [2.45, 2.75) is 53.6 Å². The maximum atomic E-state index is 11.6. The quantitative estimate of drug-likeness (QED) is 0.713. The van der Waals surface area contributed by atoms with Crippen LogP contribution in [0.25, 0.3) is 0 Å². The van der Waals surface area contributed by atoms with Crippen molar-refractivity contribution in [2.24, 2.45) is 11.8 Å². The lowest BCUT2D eigenvalue weighted by Gasteiger charge is -2.37. The van der Waals surface area contributed by atoms with Crippen molar-refractivity contribution < 1.29 is 15.4 Å². The van der Waals surface area contributed by atoms with Gasteiger partial charge in [-0.25, -0.2) is 0 Å². The summed E-state index contributed by atoms with van der Waals surface area (Å²) in [6.07, 6.45) is 1.12. The second kappa shape index (κ2) is 5.47. The maximum absolute atomic E-state index is 11.6. The topological polar surface area (TPSA) is 46.5 Å². The summed E-state index contributed by atoms with van der Waals surface area (Å²) >= 11 is 0. The molecule has 0 aromatic carbocycles. The Bertz CT molecular complexity index is 241. The van der Waals surface area contributed by atoms with Gasteiger partial charge in [0.1, 0.15) is 0 Å². The zero-order valence-electron chi connectivity index (χ0n) is 10.8. The van der Waals surface area contributed by atoms with E-state index in [0.29, 0.717) is 11.8 Å². The van der Waals surface area contributed by atoms with Gasteiger partial charge in [0.15, 0.2) is 0 Å². The molecular formula is C11H27O3P. The summed E-state index contributed by atoms with van der Waals surface area (Å²) in [6.45, 7) is 11.8. The van der Waals surface area contributed by atoms with E-state index in [1.807, 2.05) is 13.8 Å². The fourth-order valence-corrected chi connectivity index (χ4v) is 3.27. The molecule has 0 spiro atoms. The molecule has 1 unspecified atom stereocenters. The van der Waals surface area contributed by atoms with Gasteiger partial charge in [-0.05, 0) is 25.7 Å². The highest BCUT2D eigenvalue weighted by atomic mass is 31.2. The van der Waals surface area contributed by atoms with Crippen LogP contribution in [0.4, 0.5) is 0 Å². The minimum absolute atomic E-state index is 0. The van der Waals surface area contributed by atoms with Gasteiger partial charge in [0, 0.05) is 7.59 Å². The molecule has 0 radical (unpaired) electrons. The van der Waals surface area contributed by atoms with Crippen LogP contribution in [0.15, 0.2) is 0 Å². The smallest absolute Gasteiger partial charge is 0.324 e. The molecule has 4 heteroatoms. The summed E-state index contributed by atoms with van der Waals surface area (Å²) in [7, 11) is -3.40. The molecule has 0 bridgehead atoms. The minimum atomic E-state index is -3.40. The van der Waals surface area contributed by atoms with E-state index in [4.69, 9.17) is 4.52 Å². The zero-order valence-corrected chi connectivity index (χ0v) is 11.7. The average molecular weight is 238 g/mol. The van der Waals surface area contributed by atoms with Crippen molar-refractivity contribution in [1.82, 2.24) is 0 Å². The van der Waals surface area contributed by atoms with Crippen molar-refractivity contribution in [3.63, 3.8) is 0 Å². The van der Waals surface area contributed by atoms with E-state index in [2.05, 4.69) is 20.8 Å². The standard InChI is InChI=1S/C11H25O3P.H2/c1-7-10(9(3)4)11(5,6)14-15(12,13)8-2;/h9-10H,7-8H2,1-6H3,(H,12,13);1H/t10-;/m0./s1. The monoisotopic (exact) mass is 238 g/mol. The molecule has 0 saturated heterocycles. The molecule has 0 aromatic heterocycles. The lowest BCUT2D eigenvalue weighted by molar-refractivity contribution is 0.0104. The summed E-state index contributed by atoms with van der Waals surface area (Å²) in [6, 6.07) is 0. The molecule has 0 rings (SSSR count). The first-order chi connectivity index (χ1) is 6.66. The molecule has 2 atom stereocenters. The van der Waals surface area contributed by atoms with E-state index in [-0.39, 0.29) is 7.59 Å². The highest BCUT2D eigenvalue weighted by molar-refractivity contribution is 7.52. The molecule has 0 amide bonds. The first-order valence-electron chi connectivity index (χ1n) is 5.68. The molecule has 0 saturated carbocycles. The van der Waals surface area contributed by atoms with Crippen LogP contribution in [0.2, 0.25) is 0 Å². The average Bonchev–Trinajstić information content (AvgIpc) is 2.01. The van der Waals surface area contributed by atoms with Crippen LogP contribution < -0.4 is 0 Å². The van der Waals surface area contributed by atoms with Crippen molar-refractivity contribution in [3.05, 3.63) is 0 Å². The van der Waals surface area contributed by atoms with Crippen LogP contribution in [0.5, 0.6) is 0 Å². The minimum Gasteiger partial charge on any atom is -0.324 e.